The third-order valence-electron chi connectivity index (χ3n) is 5.04. The largest absolute Gasteiger partial charge is 0.310 e. The Morgan fingerprint density at radius 2 is 1.94 bits per heavy atom. The average molecular weight is 442 g/mol. The molecule has 0 radical (unpaired) electrons. The van der Waals surface area contributed by atoms with Crippen LogP contribution < -0.4 is 10.9 Å². The molecule has 2 N–H and O–H groups in total. The summed E-state index contributed by atoms with van der Waals surface area (Å²) in [4.78, 5) is 33.0. The second-order valence-electron chi connectivity index (χ2n) is 7.38. The first-order valence-corrected chi connectivity index (χ1v) is 10.9. The third kappa shape index (κ3) is 3.95. The predicted molar refractivity (Wildman–Crippen MR) is 126 cm³/mol. The molecule has 1 amide bonds. The summed E-state index contributed by atoms with van der Waals surface area (Å²) < 4.78 is 1.46. The lowest BCUT2D eigenvalue weighted by Gasteiger charge is -2.10. The topological polar surface area (TPSA) is 92.7 Å². The van der Waals surface area contributed by atoms with Crippen LogP contribution in [0.2, 0.25) is 0 Å². The number of carbonyl (C=O) groups excluding carboxylic acids is 1. The van der Waals surface area contributed by atoms with Crippen molar-refractivity contribution in [3.63, 3.8) is 0 Å². The molecule has 3 heterocycles. The van der Waals surface area contributed by atoms with Gasteiger partial charge in [0.25, 0.3) is 5.56 Å². The van der Waals surface area contributed by atoms with E-state index in [9.17, 15) is 9.59 Å². The normalized spacial score (nSPS) is 11.0. The summed E-state index contributed by atoms with van der Waals surface area (Å²) in [6, 6.07) is 21.0. The Morgan fingerprint density at radius 1 is 1.09 bits per heavy atom. The molecule has 7 nitrogen and oxygen atoms in total. The molecular weight excluding hydrogens is 422 g/mol. The molecule has 3 aromatic heterocycles. The van der Waals surface area contributed by atoms with Crippen LogP contribution in [0.5, 0.6) is 0 Å². The molecule has 0 saturated heterocycles. The van der Waals surface area contributed by atoms with Gasteiger partial charge in [0.05, 0.1) is 11.3 Å². The number of rotatable bonds is 5. The fourth-order valence-electron chi connectivity index (χ4n) is 3.65. The average Bonchev–Trinajstić information content (AvgIpc) is 3.43. The maximum absolute atomic E-state index is 13.0. The molecule has 5 rings (SSSR count). The SMILES string of the molecule is Cc1cc(=O)[nH]c(-n2nc(-c3cccs3)cc2NC(=O)Cc2cccc3ccccc23)n1. The molecule has 0 unspecified atom stereocenters. The minimum Gasteiger partial charge on any atom is -0.310 e. The zero-order valence-corrected chi connectivity index (χ0v) is 18.0. The number of nitrogens with zero attached hydrogens (tertiary/aromatic N) is 3. The number of H-pyrrole nitrogens is 1. The van der Waals surface area contributed by atoms with Crippen LogP contribution in [-0.4, -0.2) is 25.7 Å². The molecule has 0 fully saturated rings. The Morgan fingerprint density at radius 3 is 2.75 bits per heavy atom. The van der Waals surface area contributed by atoms with Crippen molar-refractivity contribution in [2.45, 2.75) is 13.3 Å². The van der Waals surface area contributed by atoms with Crippen LogP contribution in [0.15, 0.2) is 76.9 Å². The Bertz CT molecular complexity index is 1480. The monoisotopic (exact) mass is 441 g/mol. The summed E-state index contributed by atoms with van der Waals surface area (Å²) in [7, 11) is 0. The molecule has 32 heavy (non-hydrogen) atoms. The van der Waals surface area contributed by atoms with E-state index in [4.69, 9.17) is 0 Å². The minimum atomic E-state index is -0.284. The minimum absolute atomic E-state index is 0.185. The van der Waals surface area contributed by atoms with Gasteiger partial charge < -0.3 is 5.32 Å². The van der Waals surface area contributed by atoms with Crippen LogP contribution in [-0.2, 0) is 11.2 Å². The van der Waals surface area contributed by atoms with E-state index < -0.39 is 0 Å². The summed E-state index contributed by atoms with van der Waals surface area (Å²) in [6.45, 7) is 1.74. The number of aryl methyl sites for hydroxylation is 1. The summed E-state index contributed by atoms with van der Waals surface area (Å²) in [5.41, 5.74) is 1.90. The number of benzene rings is 2. The van der Waals surface area contributed by atoms with Gasteiger partial charge >= 0.3 is 0 Å². The molecule has 0 aliphatic rings. The first-order valence-electron chi connectivity index (χ1n) is 10.1. The molecule has 8 heteroatoms. The lowest BCUT2D eigenvalue weighted by atomic mass is 10.0. The molecular formula is C24H19N5O2S. The maximum atomic E-state index is 13.0. The van der Waals surface area contributed by atoms with Crippen LogP contribution in [0.1, 0.15) is 11.3 Å². The van der Waals surface area contributed by atoms with Crippen molar-refractivity contribution in [1.82, 2.24) is 19.7 Å². The Balaban J connectivity index is 1.50. The highest BCUT2D eigenvalue weighted by molar-refractivity contribution is 7.13. The Labute approximate surface area is 187 Å². The summed E-state index contributed by atoms with van der Waals surface area (Å²) in [6.07, 6.45) is 0.207. The van der Waals surface area contributed by atoms with Crippen molar-refractivity contribution >= 4 is 33.8 Å². The van der Waals surface area contributed by atoms with Gasteiger partial charge in [0.15, 0.2) is 0 Å². The molecule has 158 valence electrons. The van der Waals surface area contributed by atoms with Gasteiger partial charge in [0.2, 0.25) is 11.9 Å². The van der Waals surface area contributed by atoms with Crippen molar-refractivity contribution < 1.29 is 4.79 Å². The quantitative estimate of drug-likeness (QED) is 0.425. The van der Waals surface area contributed by atoms with Gasteiger partial charge in [-0.3, -0.25) is 14.6 Å². The van der Waals surface area contributed by atoms with Crippen LogP contribution in [0.4, 0.5) is 5.82 Å². The van der Waals surface area contributed by atoms with Crippen LogP contribution in [0.25, 0.3) is 27.3 Å². The van der Waals surface area contributed by atoms with E-state index in [2.05, 4.69) is 20.4 Å². The van der Waals surface area contributed by atoms with Gasteiger partial charge in [-0.05, 0) is 34.7 Å². The van der Waals surface area contributed by atoms with Gasteiger partial charge in [-0.15, -0.1) is 11.3 Å². The number of anilines is 1. The molecule has 0 bridgehead atoms. The van der Waals surface area contributed by atoms with Gasteiger partial charge in [0.1, 0.15) is 11.5 Å². The van der Waals surface area contributed by atoms with E-state index in [1.807, 2.05) is 60.0 Å². The lowest BCUT2D eigenvalue weighted by Crippen LogP contribution is -2.20. The molecule has 2 aromatic carbocycles. The maximum Gasteiger partial charge on any atom is 0.252 e. The van der Waals surface area contributed by atoms with Crippen LogP contribution >= 0.6 is 11.3 Å². The van der Waals surface area contributed by atoms with E-state index in [1.165, 1.54) is 10.7 Å². The number of aromatic amines is 1. The van der Waals surface area contributed by atoms with Crippen LogP contribution in [0.3, 0.4) is 0 Å². The fraction of sp³-hybridized carbons (Fsp3) is 0.0833. The van der Waals surface area contributed by atoms with Crippen molar-refractivity contribution in [2.24, 2.45) is 0 Å². The zero-order chi connectivity index (χ0) is 22.1. The van der Waals surface area contributed by atoms with Crippen molar-refractivity contribution in [3.8, 4) is 16.5 Å². The zero-order valence-electron chi connectivity index (χ0n) is 17.2. The fourth-order valence-corrected chi connectivity index (χ4v) is 4.33. The van der Waals surface area contributed by atoms with E-state index in [0.717, 1.165) is 21.2 Å². The lowest BCUT2D eigenvalue weighted by molar-refractivity contribution is -0.115. The highest BCUT2D eigenvalue weighted by Crippen LogP contribution is 2.27. The Kier molecular flexibility index (Phi) is 5.12. The number of amides is 1. The van der Waals surface area contributed by atoms with E-state index >= 15 is 0 Å². The Hall–Kier alpha value is -4.04. The number of aromatic nitrogens is 4. The third-order valence-corrected chi connectivity index (χ3v) is 5.93. The standard InChI is InChI=1S/C24H19N5O2S/c1-15-12-22(30)27-24(25-15)29-21(14-19(28-29)20-10-5-11-32-20)26-23(31)13-17-8-4-7-16-6-2-3-9-18(16)17/h2-12,14H,13H2,1H3,(H,26,31)(H,25,27,30). The summed E-state index contributed by atoms with van der Waals surface area (Å²) in [5.74, 6) is 0.501. The van der Waals surface area contributed by atoms with Crippen molar-refractivity contribution in [2.75, 3.05) is 5.32 Å². The number of nitrogens with one attached hydrogen (secondary N) is 2. The molecule has 0 aliphatic carbocycles. The van der Waals surface area contributed by atoms with Gasteiger partial charge in [-0.25, -0.2) is 4.98 Å². The summed E-state index contributed by atoms with van der Waals surface area (Å²) >= 11 is 1.54. The smallest absolute Gasteiger partial charge is 0.252 e. The second kappa shape index (κ2) is 8.24. The predicted octanol–water partition coefficient (Wildman–Crippen LogP) is 4.33. The molecule has 0 aliphatic heterocycles. The van der Waals surface area contributed by atoms with Gasteiger partial charge in [-0.1, -0.05) is 48.5 Å². The summed E-state index contributed by atoms with van der Waals surface area (Å²) in [5, 5.41) is 11.6. The van der Waals surface area contributed by atoms with E-state index in [0.29, 0.717) is 17.2 Å². The first kappa shape index (κ1) is 19.9. The first-order chi connectivity index (χ1) is 15.6. The van der Waals surface area contributed by atoms with Crippen molar-refractivity contribution in [1.29, 1.82) is 0 Å². The highest BCUT2D eigenvalue weighted by atomic mass is 32.1. The highest BCUT2D eigenvalue weighted by Gasteiger charge is 2.17. The number of carbonyl (C=O) groups is 1. The van der Waals surface area contributed by atoms with Crippen LogP contribution in [0, 0.1) is 6.92 Å². The number of fused-ring (bicyclic) bond motifs is 1. The number of hydrogen-bond donors (Lipinski definition) is 2. The molecule has 0 saturated carbocycles. The van der Waals surface area contributed by atoms with Gasteiger partial charge in [0, 0.05) is 17.8 Å². The van der Waals surface area contributed by atoms with E-state index in [1.54, 1.807) is 24.3 Å². The second-order valence-corrected chi connectivity index (χ2v) is 8.33. The van der Waals surface area contributed by atoms with Gasteiger partial charge in [-0.2, -0.15) is 9.78 Å². The van der Waals surface area contributed by atoms with Crippen molar-refractivity contribution in [3.05, 3.63) is 93.7 Å². The number of thiophene rings is 1. The van der Waals surface area contributed by atoms with E-state index in [-0.39, 0.29) is 23.8 Å². The molecule has 0 atom stereocenters. The molecule has 0 spiro atoms. The molecule has 5 aromatic rings. The number of hydrogen-bond acceptors (Lipinski definition) is 5.